The second-order valence-corrected chi connectivity index (χ2v) is 5.01. The van der Waals surface area contributed by atoms with Crippen LogP contribution < -0.4 is 5.43 Å². The molecule has 1 aromatic carbocycles. The lowest BCUT2D eigenvalue weighted by Crippen LogP contribution is -2.05. The standard InChI is InChI=1S/C12H12F3N3S/c1-3-7(2)17-18-11-16-10-8(12(13,14)15)5-4-6-9(10)19-11/h4-6H,3H2,1-2H3,(H,16,18)/b17-7-. The van der Waals surface area contributed by atoms with Crippen LogP contribution in [0.4, 0.5) is 18.3 Å². The van der Waals surface area contributed by atoms with Gasteiger partial charge in [-0.3, -0.25) is 5.43 Å². The first-order chi connectivity index (χ1) is 8.91. The maximum atomic E-state index is 12.8. The molecule has 1 aromatic heterocycles. The van der Waals surface area contributed by atoms with Crippen LogP contribution in [0.15, 0.2) is 23.3 Å². The fourth-order valence-corrected chi connectivity index (χ4v) is 2.28. The van der Waals surface area contributed by atoms with Gasteiger partial charge in [0.05, 0.1) is 15.8 Å². The zero-order valence-corrected chi connectivity index (χ0v) is 11.2. The van der Waals surface area contributed by atoms with Crippen molar-refractivity contribution in [2.24, 2.45) is 5.10 Å². The molecule has 0 fully saturated rings. The van der Waals surface area contributed by atoms with Crippen molar-refractivity contribution < 1.29 is 13.2 Å². The maximum Gasteiger partial charge on any atom is 0.418 e. The minimum absolute atomic E-state index is 0.0353. The Morgan fingerprint density at radius 2 is 2.16 bits per heavy atom. The van der Waals surface area contributed by atoms with Gasteiger partial charge in [0.2, 0.25) is 5.13 Å². The van der Waals surface area contributed by atoms with Crippen LogP contribution >= 0.6 is 11.3 Å². The van der Waals surface area contributed by atoms with Gasteiger partial charge in [0.25, 0.3) is 0 Å². The van der Waals surface area contributed by atoms with Gasteiger partial charge in [0, 0.05) is 5.71 Å². The van der Waals surface area contributed by atoms with Crippen LogP contribution in [-0.2, 0) is 6.18 Å². The Bertz CT molecular complexity index is 616. The fourth-order valence-electron chi connectivity index (χ4n) is 1.45. The summed E-state index contributed by atoms with van der Waals surface area (Å²) in [7, 11) is 0. The van der Waals surface area contributed by atoms with Gasteiger partial charge >= 0.3 is 6.18 Å². The normalized spacial score (nSPS) is 13.0. The second kappa shape index (κ2) is 5.16. The van der Waals surface area contributed by atoms with Crippen molar-refractivity contribution in [2.45, 2.75) is 26.4 Å². The van der Waals surface area contributed by atoms with Crippen molar-refractivity contribution in [1.29, 1.82) is 0 Å². The fraction of sp³-hybridized carbons (Fsp3) is 0.333. The highest BCUT2D eigenvalue weighted by Gasteiger charge is 2.33. The highest BCUT2D eigenvalue weighted by Crippen LogP contribution is 2.37. The number of anilines is 1. The number of hydrogen-bond donors (Lipinski definition) is 1. The van der Waals surface area contributed by atoms with Crippen LogP contribution in [-0.4, -0.2) is 10.7 Å². The number of nitrogens with zero attached hydrogens (tertiary/aromatic N) is 2. The van der Waals surface area contributed by atoms with Crippen molar-refractivity contribution in [3.63, 3.8) is 0 Å². The van der Waals surface area contributed by atoms with E-state index in [0.29, 0.717) is 9.83 Å². The molecule has 0 saturated heterocycles. The molecular weight excluding hydrogens is 275 g/mol. The predicted octanol–water partition coefficient (Wildman–Crippen LogP) is 4.51. The minimum Gasteiger partial charge on any atom is -0.253 e. The molecule has 19 heavy (non-hydrogen) atoms. The summed E-state index contributed by atoms with van der Waals surface area (Å²) in [5, 5.41) is 4.39. The van der Waals surface area contributed by atoms with Crippen LogP contribution in [0, 0.1) is 0 Å². The van der Waals surface area contributed by atoms with Gasteiger partial charge in [-0.25, -0.2) is 4.98 Å². The van der Waals surface area contributed by atoms with E-state index in [9.17, 15) is 13.2 Å². The van der Waals surface area contributed by atoms with Crippen LogP contribution in [0.1, 0.15) is 25.8 Å². The van der Waals surface area contributed by atoms with Crippen LogP contribution in [0.25, 0.3) is 10.2 Å². The summed E-state index contributed by atoms with van der Waals surface area (Å²) in [5.41, 5.74) is 2.80. The van der Waals surface area contributed by atoms with Gasteiger partial charge in [-0.1, -0.05) is 24.3 Å². The van der Waals surface area contributed by atoms with E-state index in [1.54, 1.807) is 6.07 Å². The number of hydrazone groups is 1. The predicted molar refractivity (Wildman–Crippen MR) is 71.6 cm³/mol. The van der Waals surface area contributed by atoms with E-state index >= 15 is 0 Å². The van der Waals surface area contributed by atoms with Gasteiger partial charge in [0.15, 0.2) is 0 Å². The minimum atomic E-state index is -4.40. The van der Waals surface area contributed by atoms with E-state index in [1.165, 1.54) is 6.07 Å². The van der Waals surface area contributed by atoms with E-state index in [2.05, 4.69) is 15.5 Å². The van der Waals surface area contributed by atoms with Crippen LogP contribution in [0.3, 0.4) is 0 Å². The number of rotatable bonds is 3. The molecule has 0 aliphatic heterocycles. The lowest BCUT2D eigenvalue weighted by molar-refractivity contribution is -0.136. The molecule has 2 rings (SSSR count). The number of aromatic nitrogens is 1. The van der Waals surface area contributed by atoms with Crippen molar-refractivity contribution in [3.05, 3.63) is 23.8 Å². The Labute approximate surface area is 112 Å². The number of thiazole rings is 1. The molecule has 1 N–H and O–H groups in total. The molecule has 0 bridgehead atoms. The summed E-state index contributed by atoms with van der Waals surface area (Å²) in [5.74, 6) is 0. The number of hydrogen-bond acceptors (Lipinski definition) is 4. The van der Waals surface area contributed by atoms with E-state index in [4.69, 9.17) is 0 Å². The van der Waals surface area contributed by atoms with E-state index < -0.39 is 11.7 Å². The number of fused-ring (bicyclic) bond motifs is 1. The SMILES string of the molecule is CC/C(C)=N\Nc1nc2c(C(F)(F)F)cccc2s1. The van der Waals surface area contributed by atoms with Gasteiger partial charge in [-0.05, 0) is 25.5 Å². The number of nitrogens with one attached hydrogen (secondary N) is 1. The molecule has 0 spiro atoms. The highest BCUT2D eigenvalue weighted by atomic mass is 32.1. The van der Waals surface area contributed by atoms with Gasteiger partial charge in [-0.2, -0.15) is 18.3 Å². The Hall–Kier alpha value is -1.63. The highest BCUT2D eigenvalue weighted by molar-refractivity contribution is 7.22. The Morgan fingerprint density at radius 1 is 1.42 bits per heavy atom. The molecule has 0 aliphatic rings. The summed E-state index contributed by atoms with van der Waals surface area (Å²) in [6.45, 7) is 3.78. The summed E-state index contributed by atoms with van der Waals surface area (Å²) < 4.78 is 38.9. The molecule has 1 heterocycles. The Morgan fingerprint density at radius 3 is 2.79 bits per heavy atom. The van der Waals surface area contributed by atoms with Crippen LogP contribution in [0.2, 0.25) is 0 Å². The average Bonchev–Trinajstić information content (AvgIpc) is 2.76. The van der Waals surface area contributed by atoms with Gasteiger partial charge in [-0.15, -0.1) is 0 Å². The van der Waals surface area contributed by atoms with Crippen LogP contribution in [0.5, 0.6) is 0 Å². The zero-order valence-electron chi connectivity index (χ0n) is 10.4. The lowest BCUT2D eigenvalue weighted by atomic mass is 10.2. The summed E-state index contributed by atoms with van der Waals surface area (Å²) in [6.07, 6.45) is -3.63. The number of para-hydroxylation sites is 1. The zero-order chi connectivity index (χ0) is 14.0. The summed E-state index contributed by atoms with van der Waals surface area (Å²) in [4.78, 5) is 3.97. The first-order valence-electron chi connectivity index (χ1n) is 5.67. The number of alkyl halides is 3. The Kier molecular flexibility index (Phi) is 3.75. The van der Waals surface area contributed by atoms with Crippen molar-refractivity contribution in [2.75, 3.05) is 5.43 Å². The molecule has 102 valence electrons. The Balaban J connectivity index is 2.41. The van der Waals surface area contributed by atoms with Crippen molar-refractivity contribution in [1.82, 2.24) is 4.98 Å². The molecule has 0 amide bonds. The maximum absolute atomic E-state index is 12.8. The smallest absolute Gasteiger partial charge is 0.253 e. The quantitative estimate of drug-likeness (QED) is 0.666. The molecule has 3 nitrogen and oxygen atoms in total. The van der Waals surface area contributed by atoms with Gasteiger partial charge in [0.1, 0.15) is 0 Å². The first-order valence-corrected chi connectivity index (χ1v) is 6.49. The first kappa shape index (κ1) is 13.8. The third-order valence-electron chi connectivity index (χ3n) is 2.58. The van der Waals surface area contributed by atoms with E-state index in [1.807, 2.05) is 13.8 Å². The third kappa shape index (κ3) is 3.04. The summed E-state index contributed by atoms with van der Waals surface area (Å²) >= 11 is 1.15. The number of halogens is 3. The topological polar surface area (TPSA) is 37.3 Å². The molecule has 7 heteroatoms. The largest absolute Gasteiger partial charge is 0.418 e. The second-order valence-electron chi connectivity index (χ2n) is 3.98. The number of benzene rings is 1. The third-order valence-corrected chi connectivity index (χ3v) is 3.50. The lowest BCUT2D eigenvalue weighted by Gasteiger charge is -2.05. The van der Waals surface area contributed by atoms with Crippen molar-refractivity contribution >= 4 is 32.4 Å². The van der Waals surface area contributed by atoms with Gasteiger partial charge < -0.3 is 0 Å². The van der Waals surface area contributed by atoms with Crippen molar-refractivity contribution in [3.8, 4) is 0 Å². The van der Waals surface area contributed by atoms with E-state index in [-0.39, 0.29) is 5.52 Å². The molecule has 0 aliphatic carbocycles. The molecule has 0 radical (unpaired) electrons. The molecule has 0 saturated carbocycles. The molecular formula is C12H12F3N3S. The summed E-state index contributed by atoms with van der Waals surface area (Å²) in [6, 6.07) is 4.03. The van der Waals surface area contributed by atoms with E-state index in [0.717, 1.165) is 29.5 Å². The molecule has 0 atom stereocenters. The molecule has 2 aromatic rings. The molecule has 0 unspecified atom stereocenters. The average molecular weight is 287 g/mol. The monoisotopic (exact) mass is 287 g/mol.